The topological polar surface area (TPSA) is 75.6 Å². The number of carbonyl (C=O) groups is 2. The van der Waals surface area contributed by atoms with Crippen LogP contribution >= 0.6 is 0 Å². The van der Waals surface area contributed by atoms with Crippen LogP contribution in [0, 0.1) is 5.41 Å². The summed E-state index contributed by atoms with van der Waals surface area (Å²) in [5.74, 6) is -0.891. The lowest BCUT2D eigenvalue weighted by Gasteiger charge is -2.27. The van der Waals surface area contributed by atoms with Crippen molar-refractivity contribution < 1.29 is 19.4 Å². The van der Waals surface area contributed by atoms with E-state index in [1.165, 1.54) is 0 Å². The fourth-order valence-electron chi connectivity index (χ4n) is 1.85. The third kappa shape index (κ3) is 5.10. The third-order valence-corrected chi connectivity index (χ3v) is 2.86. The molecule has 0 aliphatic rings. The monoisotopic (exact) mass is 293 g/mol. The fourth-order valence-corrected chi connectivity index (χ4v) is 1.85. The van der Waals surface area contributed by atoms with Crippen molar-refractivity contribution in [2.75, 3.05) is 0 Å². The van der Waals surface area contributed by atoms with E-state index in [0.29, 0.717) is 11.3 Å². The van der Waals surface area contributed by atoms with E-state index in [1.807, 2.05) is 13.8 Å². The van der Waals surface area contributed by atoms with Crippen molar-refractivity contribution >= 4 is 11.9 Å². The van der Waals surface area contributed by atoms with Gasteiger partial charge in [-0.1, -0.05) is 26.8 Å². The van der Waals surface area contributed by atoms with Crippen LogP contribution in [0.1, 0.15) is 45.0 Å². The van der Waals surface area contributed by atoms with Crippen LogP contribution in [-0.4, -0.2) is 29.1 Å². The van der Waals surface area contributed by atoms with Crippen LogP contribution in [0.25, 0.3) is 0 Å². The van der Waals surface area contributed by atoms with Gasteiger partial charge < -0.3 is 15.2 Å². The van der Waals surface area contributed by atoms with Gasteiger partial charge in [0.15, 0.2) is 0 Å². The maximum atomic E-state index is 12.2. The quantitative estimate of drug-likeness (QED) is 0.875. The molecule has 0 unspecified atom stereocenters. The average Bonchev–Trinajstić information content (AvgIpc) is 2.33. The molecule has 0 saturated heterocycles. The third-order valence-electron chi connectivity index (χ3n) is 2.86. The summed E-state index contributed by atoms with van der Waals surface area (Å²) in [6.07, 6.45) is 0.00431. The molecule has 0 bridgehead atoms. The number of aliphatic carboxylic acids is 1. The van der Waals surface area contributed by atoms with Gasteiger partial charge in [0.25, 0.3) is 5.91 Å². The molecule has 116 valence electrons. The first kappa shape index (κ1) is 17.0. The van der Waals surface area contributed by atoms with Crippen molar-refractivity contribution in [1.29, 1.82) is 0 Å². The molecule has 0 spiro atoms. The van der Waals surface area contributed by atoms with Crippen molar-refractivity contribution in [2.45, 2.75) is 46.8 Å². The van der Waals surface area contributed by atoms with E-state index in [1.54, 1.807) is 45.0 Å². The highest BCUT2D eigenvalue weighted by Crippen LogP contribution is 2.21. The second-order valence-corrected chi connectivity index (χ2v) is 6.31. The molecule has 0 fully saturated rings. The zero-order valence-corrected chi connectivity index (χ0v) is 13.1. The first-order valence-electron chi connectivity index (χ1n) is 6.91. The molecule has 1 aromatic rings. The van der Waals surface area contributed by atoms with E-state index < -0.39 is 23.3 Å². The molecule has 1 aromatic carbocycles. The van der Waals surface area contributed by atoms with Gasteiger partial charge in [0.2, 0.25) is 0 Å². The van der Waals surface area contributed by atoms with Crippen molar-refractivity contribution in [2.24, 2.45) is 5.41 Å². The number of benzene rings is 1. The minimum atomic E-state index is -1.05. The minimum absolute atomic E-state index is 0.00431. The summed E-state index contributed by atoms with van der Waals surface area (Å²) in [5.41, 5.74) is -0.197. The fraction of sp³-hybridized carbons (Fsp3) is 0.500. The Morgan fingerprint density at radius 2 is 1.86 bits per heavy atom. The molecule has 1 amide bonds. The molecule has 2 N–H and O–H groups in total. The number of carbonyl (C=O) groups excluding carboxylic acids is 1. The summed E-state index contributed by atoms with van der Waals surface area (Å²) < 4.78 is 5.53. The van der Waals surface area contributed by atoms with Crippen LogP contribution < -0.4 is 10.1 Å². The Bertz CT molecular complexity index is 517. The number of nitrogens with one attached hydrogen (secondary N) is 1. The Balaban J connectivity index is 2.90. The summed E-state index contributed by atoms with van der Waals surface area (Å²) >= 11 is 0. The molecule has 0 aromatic heterocycles. The lowest BCUT2D eigenvalue weighted by Crippen LogP contribution is -2.49. The molecule has 21 heavy (non-hydrogen) atoms. The van der Waals surface area contributed by atoms with Crippen molar-refractivity contribution in [3.8, 4) is 5.75 Å². The maximum absolute atomic E-state index is 12.2. The SMILES string of the molecule is CC(C)Oc1cccc(C(=O)N[C@H](C(=O)O)C(C)(C)C)c1. The number of hydrogen-bond donors (Lipinski definition) is 2. The molecule has 0 aliphatic heterocycles. The highest BCUT2D eigenvalue weighted by molar-refractivity contribution is 5.97. The summed E-state index contributed by atoms with van der Waals surface area (Å²) in [4.78, 5) is 23.5. The molecule has 1 atom stereocenters. The van der Waals surface area contributed by atoms with Crippen LogP contribution in [0.15, 0.2) is 24.3 Å². The molecule has 5 nitrogen and oxygen atoms in total. The largest absolute Gasteiger partial charge is 0.491 e. The van der Waals surface area contributed by atoms with Gasteiger partial charge in [-0.3, -0.25) is 4.79 Å². The van der Waals surface area contributed by atoms with Gasteiger partial charge in [0, 0.05) is 5.56 Å². The van der Waals surface area contributed by atoms with Gasteiger partial charge in [-0.15, -0.1) is 0 Å². The lowest BCUT2D eigenvalue weighted by molar-refractivity contribution is -0.142. The van der Waals surface area contributed by atoms with E-state index in [9.17, 15) is 14.7 Å². The van der Waals surface area contributed by atoms with E-state index in [-0.39, 0.29) is 6.10 Å². The van der Waals surface area contributed by atoms with Gasteiger partial charge >= 0.3 is 5.97 Å². The van der Waals surface area contributed by atoms with E-state index in [4.69, 9.17) is 4.74 Å². The summed E-state index contributed by atoms with van der Waals surface area (Å²) in [5, 5.41) is 11.8. The predicted molar refractivity (Wildman–Crippen MR) is 80.6 cm³/mol. The van der Waals surface area contributed by atoms with Crippen molar-refractivity contribution in [3.05, 3.63) is 29.8 Å². The Hall–Kier alpha value is -2.04. The van der Waals surface area contributed by atoms with Crippen LogP contribution in [0.3, 0.4) is 0 Å². The van der Waals surface area contributed by atoms with Gasteiger partial charge in [-0.05, 0) is 37.5 Å². The van der Waals surface area contributed by atoms with Gasteiger partial charge in [-0.25, -0.2) is 4.79 Å². The Morgan fingerprint density at radius 1 is 1.24 bits per heavy atom. The van der Waals surface area contributed by atoms with Gasteiger partial charge in [0.1, 0.15) is 11.8 Å². The molecule has 0 saturated carbocycles. The molecule has 5 heteroatoms. The number of carboxylic acid groups (broad SMARTS) is 1. The molecular formula is C16H23NO4. The Morgan fingerprint density at radius 3 is 2.33 bits per heavy atom. The number of carboxylic acids is 1. The van der Waals surface area contributed by atoms with Crippen LogP contribution in [0.4, 0.5) is 0 Å². The second kappa shape index (κ2) is 6.61. The lowest BCUT2D eigenvalue weighted by atomic mass is 9.86. The highest BCUT2D eigenvalue weighted by Gasteiger charge is 2.32. The Kier molecular flexibility index (Phi) is 5.35. The zero-order chi connectivity index (χ0) is 16.2. The molecule has 0 heterocycles. The standard InChI is InChI=1S/C16H23NO4/c1-10(2)21-12-8-6-7-11(9-12)14(18)17-13(15(19)20)16(3,4)5/h6-10,13H,1-5H3,(H,17,18)(H,19,20)/t13-/m1/s1. The van der Waals surface area contributed by atoms with Crippen molar-refractivity contribution in [3.63, 3.8) is 0 Å². The summed E-state index contributed by atoms with van der Waals surface area (Å²) in [6.45, 7) is 9.10. The molecule has 0 radical (unpaired) electrons. The number of hydrogen-bond acceptors (Lipinski definition) is 3. The predicted octanol–water partition coefficient (Wildman–Crippen LogP) is 2.70. The zero-order valence-electron chi connectivity index (χ0n) is 13.1. The van der Waals surface area contributed by atoms with E-state index >= 15 is 0 Å². The average molecular weight is 293 g/mol. The molecule has 1 rings (SSSR count). The maximum Gasteiger partial charge on any atom is 0.326 e. The van der Waals surface area contributed by atoms with Gasteiger partial charge in [-0.2, -0.15) is 0 Å². The Labute approximate surface area is 125 Å². The van der Waals surface area contributed by atoms with Crippen LogP contribution in [-0.2, 0) is 4.79 Å². The smallest absolute Gasteiger partial charge is 0.326 e. The molecular weight excluding hydrogens is 270 g/mol. The minimum Gasteiger partial charge on any atom is -0.491 e. The van der Waals surface area contributed by atoms with Crippen molar-refractivity contribution in [1.82, 2.24) is 5.32 Å². The first-order chi connectivity index (χ1) is 9.61. The molecule has 0 aliphatic carbocycles. The highest BCUT2D eigenvalue weighted by atomic mass is 16.5. The first-order valence-corrected chi connectivity index (χ1v) is 6.91. The normalized spacial score (nSPS) is 12.9. The van der Waals surface area contributed by atoms with Crippen LogP contribution in [0.5, 0.6) is 5.75 Å². The number of rotatable bonds is 5. The summed E-state index contributed by atoms with van der Waals surface area (Å²) in [7, 11) is 0. The van der Waals surface area contributed by atoms with E-state index in [2.05, 4.69) is 5.32 Å². The van der Waals surface area contributed by atoms with Crippen LogP contribution in [0.2, 0.25) is 0 Å². The van der Waals surface area contributed by atoms with Gasteiger partial charge in [0.05, 0.1) is 6.10 Å². The number of amides is 1. The second-order valence-electron chi connectivity index (χ2n) is 6.31. The van der Waals surface area contributed by atoms with E-state index in [0.717, 1.165) is 0 Å². The number of ether oxygens (including phenoxy) is 1. The summed E-state index contributed by atoms with van der Waals surface area (Å²) in [6, 6.07) is 5.75.